The van der Waals surface area contributed by atoms with Crippen molar-refractivity contribution in [3.05, 3.63) is 106 Å². The molecule has 11 heteroatoms. The molecule has 4 N–H and O–H groups in total. The second-order valence-electron chi connectivity index (χ2n) is 15.0. The first-order chi connectivity index (χ1) is 26.0. The maximum Gasteiger partial charge on any atom is 0.323 e. The Kier molecular flexibility index (Phi) is 13.8. The second-order valence-corrected chi connectivity index (χ2v) is 15.0. The lowest BCUT2D eigenvalue weighted by Crippen LogP contribution is -2.40. The number of carbonyl (C=O) groups is 3. The zero-order valence-corrected chi connectivity index (χ0v) is 33.5. The molecule has 11 nitrogen and oxygen atoms in total. The molecule has 290 valence electrons. The van der Waals surface area contributed by atoms with Gasteiger partial charge in [0.15, 0.2) is 6.10 Å². The molecule has 1 aliphatic rings. The summed E-state index contributed by atoms with van der Waals surface area (Å²) in [5, 5.41) is 26.7. The largest absolute Gasteiger partial charge is 0.481 e. The van der Waals surface area contributed by atoms with Gasteiger partial charge in [-0.15, -0.1) is 0 Å². The minimum atomic E-state index is -0.942. The van der Waals surface area contributed by atoms with Gasteiger partial charge in [0.25, 0.3) is 5.91 Å². The Morgan fingerprint density at radius 2 is 1.60 bits per heavy atom. The van der Waals surface area contributed by atoms with Gasteiger partial charge in [-0.05, 0) is 110 Å². The third-order valence-electron chi connectivity index (χ3n) is 10.3. The van der Waals surface area contributed by atoms with E-state index in [0.29, 0.717) is 35.8 Å². The molecule has 3 aromatic rings. The van der Waals surface area contributed by atoms with Crippen molar-refractivity contribution in [3.8, 4) is 11.8 Å². The van der Waals surface area contributed by atoms with Crippen LogP contribution in [0.25, 0.3) is 0 Å². The number of urea groups is 1. The fourth-order valence-electron chi connectivity index (χ4n) is 5.91. The first kappa shape index (κ1) is 42.0. The maximum absolute atomic E-state index is 13.8. The Labute approximate surface area is 325 Å². The molecule has 0 aliphatic heterocycles. The minimum Gasteiger partial charge on any atom is -0.481 e. The molecule has 0 saturated carbocycles. The van der Waals surface area contributed by atoms with Gasteiger partial charge >= 0.3 is 6.03 Å². The number of aliphatic hydroxyl groups excluding tert-OH is 1. The zero-order valence-electron chi connectivity index (χ0n) is 33.5. The number of likely N-dealkylation sites (N-methyl/N-ethyl adjacent to an activating group) is 1. The topological polar surface area (TPSA) is 156 Å². The number of rotatable bonds is 15. The summed E-state index contributed by atoms with van der Waals surface area (Å²) in [7, 11) is 0. The molecule has 0 saturated heterocycles. The number of anilines is 2. The molecule has 1 aliphatic carbocycles. The van der Waals surface area contributed by atoms with Crippen LogP contribution in [0.5, 0.6) is 5.75 Å². The molecule has 0 aromatic heterocycles. The summed E-state index contributed by atoms with van der Waals surface area (Å²) in [6, 6.07) is 19.5. The summed E-state index contributed by atoms with van der Waals surface area (Å²) in [6.45, 7) is 19.8. The number of aliphatic imine (C=N–C) groups is 1. The molecule has 0 fully saturated rings. The highest BCUT2D eigenvalue weighted by molar-refractivity contribution is 6.24. The molecule has 3 amide bonds. The molecule has 55 heavy (non-hydrogen) atoms. The zero-order chi connectivity index (χ0) is 40.5. The number of hydrogen-bond acceptors (Lipinski definition) is 8. The molecule has 0 heterocycles. The lowest BCUT2D eigenvalue weighted by atomic mass is 9.76. The Hall–Kier alpha value is -5.73. The Morgan fingerprint density at radius 3 is 2.20 bits per heavy atom. The highest BCUT2D eigenvalue weighted by atomic mass is 16.5. The number of allylic oxidation sites excluding steroid dienone is 2. The Balaban J connectivity index is 1.65. The SMILES string of the molecule is CCN(CCO)c1ccc(N=C2C=C(NC(=O)Nc3ccc(C#N)cc3)C(=O)C=C2NC(=O)C(C)Oc2ccc(C(C)(C)CC)cc2C(C)(C)CC)c(C)c1. The van der Waals surface area contributed by atoms with Crippen LogP contribution in [-0.4, -0.2) is 54.3 Å². The number of ether oxygens (including phenoxy) is 1. The van der Waals surface area contributed by atoms with E-state index in [0.717, 1.165) is 29.7 Å². The van der Waals surface area contributed by atoms with Crippen LogP contribution in [0.4, 0.5) is 21.9 Å². The smallest absolute Gasteiger partial charge is 0.323 e. The van der Waals surface area contributed by atoms with E-state index in [4.69, 9.17) is 15.0 Å². The number of ketones is 1. The summed E-state index contributed by atoms with van der Waals surface area (Å²) in [4.78, 5) is 47.1. The summed E-state index contributed by atoms with van der Waals surface area (Å²) in [6.07, 6.45) is 3.55. The highest BCUT2D eigenvalue weighted by Crippen LogP contribution is 2.39. The van der Waals surface area contributed by atoms with Crippen LogP contribution in [0.1, 0.15) is 90.5 Å². The molecule has 4 rings (SSSR count). The van der Waals surface area contributed by atoms with Gasteiger partial charge in [0.05, 0.1) is 41.0 Å². The fourth-order valence-corrected chi connectivity index (χ4v) is 5.91. The van der Waals surface area contributed by atoms with Gasteiger partial charge in [0.2, 0.25) is 5.78 Å². The number of aryl methyl sites for hydroxylation is 1. The van der Waals surface area contributed by atoms with Crippen LogP contribution in [-0.2, 0) is 20.4 Å². The van der Waals surface area contributed by atoms with E-state index in [1.54, 1.807) is 31.2 Å². The third kappa shape index (κ3) is 10.5. The number of nitrogens with one attached hydrogen (secondary N) is 3. The van der Waals surface area contributed by atoms with Gasteiger partial charge in [-0.2, -0.15) is 5.26 Å². The average Bonchev–Trinajstić information content (AvgIpc) is 3.16. The number of nitriles is 1. The van der Waals surface area contributed by atoms with Crippen molar-refractivity contribution in [1.82, 2.24) is 10.6 Å². The Bertz CT molecular complexity index is 2040. The maximum atomic E-state index is 13.8. The first-order valence-corrected chi connectivity index (χ1v) is 18.8. The monoisotopic (exact) mass is 746 g/mol. The molecule has 0 radical (unpaired) electrons. The van der Waals surface area contributed by atoms with Crippen molar-refractivity contribution in [1.29, 1.82) is 5.26 Å². The van der Waals surface area contributed by atoms with Crippen LogP contribution in [0.3, 0.4) is 0 Å². The number of hydrogen-bond donors (Lipinski definition) is 4. The lowest BCUT2D eigenvalue weighted by Gasteiger charge is -2.31. The van der Waals surface area contributed by atoms with Crippen molar-refractivity contribution >= 4 is 40.5 Å². The summed E-state index contributed by atoms with van der Waals surface area (Å²) in [5.74, 6) is -0.415. The molecule has 1 atom stereocenters. The minimum absolute atomic E-state index is 0.0142. The second kappa shape index (κ2) is 18.1. The number of amides is 3. The van der Waals surface area contributed by atoms with Crippen molar-refractivity contribution in [2.75, 3.05) is 29.9 Å². The molecule has 3 aromatic carbocycles. The molecule has 1 unspecified atom stereocenters. The number of carbonyl (C=O) groups excluding carboxylic acids is 3. The van der Waals surface area contributed by atoms with Gasteiger partial charge in [-0.1, -0.05) is 53.7 Å². The summed E-state index contributed by atoms with van der Waals surface area (Å²) in [5.41, 5.74) is 5.49. The third-order valence-corrected chi connectivity index (χ3v) is 10.3. The quantitative estimate of drug-likeness (QED) is 0.115. The van der Waals surface area contributed by atoms with E-state index in [1.165, 1.54) is 17.7 Å². The summed E-state index contributed by atoms with van der Waals surface area (Å²) >= 11 is 0. The van der Waals surface area contributed by atoms with Crippen LogP contribution in [0, 0.1) is 18.3 Å². The van der Waals surface area contributed by atoms with E-state index in [9.17, 15) is 19.5 Å². The van der Waals surface area contributed by atoms with E-state index >= 15 is 0 Å². The predicted octanol–water partition coefficient (Wildman–Crippen LogP) is 7.89. The van der Waals surface area contributed by atoms with Gasteiger partial charge in [-0.25, -0.2) is 9.79 Å². The fraction of sp³-hybridized carbons (Fsp3) is 0.386. The van der Waals surface area contributed by atoms with Crippen LogP contribution < -0.4 is 25.6 Å². The average molecular weight is 747 g/mol. The predicted molar refractivity (Wildman–Crippen MR) is 219 cm³/mol. The number of aliphatic hydroxyl groups is 1. The number of benzene rings is 3. The van der Waals surface area contributed by atoms with E-state index in [-0.39, 0.29) is 34.5 Å². The van der Waals surface area contributed by atoms with Crippen LogP contribution >= 0.6 is 0 Å². The first-order valence-electron chi connectivity index (χ1n) is 18.8. The molecule has 0 bridgehead atoms. The van der Waals surface area contributed by atoms with Gasteiger partial charge < -0.3 is 30.7 Å². The molecule has 0 spiro atoms. The molecular formula is C44H54N6O5. The van der Waals surface area contributed by atoms with Gasteiger partial charge in [-0.3, -0.25) is 9.59 Å². The van der Waals surface area contributed by atoms with Crippen molar-refractivity contribution in [2.45, 2.75) is 92.1 Å². The Morgan fingerprint density at radius 1 is 0.909 bits per heavy atom. The highest BCUT2D eigenvalue weighted by Gasteiger charge is 2.29. The standard InChI is InChI=1S/C44H54N6O5/c1-10-43(6,7)31-15-20-40(34(24-31)44(8,9)11-2)55-29(5)41(53)48-37-26-39(52)38(49-42(54)46-32-16-13-30(27-45)14-17-32)25-36(37)47-35-19-18-33(23-28(35)4)50(12-3)21-22-51/h13-20,23-26,29,51H,10-12,21-22H2,1-9H3,(H,48,53)(H2,46,49,54). The summed E-state index contributed by atoms with van der Waals surface area (Å²) < 4.78 is 6.36. The van der Waals surface area contributed by atoms with E-state index in [2.05, 4.69) is 69.6 Å². The van der Waals surface area contributed by atoms with Crippen molar-refractivity contribution in [3.63, 3.8) is 0 Å². The lowest BCUT2D eigenvalue weighted by molar-refractivity contribution is -0.126. The normalized spacial score (nSPS) is 14.3. The van der Waals surface area contributed by atoms with Gasteiger partial charge in [0.1, 0.15) is 5.75 Å². The van der Waals surface area contributed by atoms with Crippen LogP contribution in [0.2, 0.25) is 0 Å². The van der Waals surface area contributed by atoms with Gasteiger partial charge in [0, 0.05) is 36.1 Å². The van der Waals surface area contributed by atoms with E-state index < -0.39 is 23.8 Å². The van der Waals surface area contributed by atoms with Crippen molar-refractivity contribution < 1.29 is 24.2 Å². The van der Waals surface area contributed by atoms with Crippen molar-refractivity contribution in [2.24, 2.45) is 4.99 Å². The van der Waals surface area contributed by atoms with Crippen LogP contribution in [0.15, 0.2) is 89.2 Å². The molecular weight excluding hydrogens is 693 g/mol. The van der Waals surface area contributed by atoms with E-state index in [1.807, 2.05) is 49.1 Å². The number of nitrogens with zero attached hydrogens (tertiary/aromatic N) is 3.